The average molecular weight is 309 g/mol. The minimum atomic E-state index is -0.929. The van der Waals surface area contributed by atoms with Crippen molar-refractivity contribution in [2.45, 2.75) is 32.0 Å². The summed E-state index contributed by atoms with van der Waals surface area (Å²) in [5.74, 6) is -0.955. The largest absolute Gasteiger partial charge is 0.481 e. The van der Waals surface area contributed by atoms with Gasteiger partial charge < -0.3 is 5.11 Å². The molecule has 0 spiro atoms. The van der Waals surface area contributed by atoms with Crippen LogP contribution in [0.15, 0.2) is 23.4 Å². The normalized spacial score (nSPS) is 11.1. The van der Waals surface area contributed by atoms with Gasteiger partial charge in [0.15, 0.2) is 11.0 Å². The zero-order valence-electron chi connectivity index (χ0n) is 12.0. The first-order valence-electron chi connectivity index (χ1n) is 6.46. The molecule has 0 fully saturated rings. The molecule has 1 heterocycles. The molecule has 0 saturated carbocycles. The van der Waals surface area contributed by atoms with E-state index in [2.05, 4.69) is 10.2 Å². The van der Waals surface area contributed by atoms with E-state index in [1.807, 2.05) is 13.8 Å². The number of nitrogens with zero attached hydrogens (tertiary/aromatic N) is 3. The van der Waals surface area contributed by atoms with Gasteiger partial charge in [0.1, 0.15) is 5.82 Å². The number of aryl methyl sites for hydroxylation is 1. The Morgan fingerprint density at radius 2 is 2.14 bits per heavy atom. The molecule has 0 radical (unpaired) electrons. The molecule has 5 nitrogen and oxygen atoms in total. The van der Waals surface area contributed by atoms with E-state index in [1.54, 1.807) is 29.7 Å². The number of hydrogen-bond donors (Lipinski definition) is 1. The van der Waals surface area contributed by atoms with E-state index in [0.717, 1.165) is 11.8 Å². The van der Waals surface area contributed by atoms with Crippen LogP contribution in [0, 0.1) is 12.7 Å². The second-order valence-electron chi connectivity index (χ2n) is 4.89. The van der Waals surface area contributed by atoms with E-state index in [0.29, 0.717) is 22.1 Å². The van der Waals surface area contributed by atoms with Gasteiger partial charge in [-0.05, 0) is 32.4 Å². The number of hydrogen-bond acceptors (Lipinski definition) is 4. The first-order valence-corrected chi connectivity index (χ1v) is 7.45. The Hall–Kier alpha value is -1.89. The lowest BCUT2D eigenvalue weighted by Crippen LogP contribution is -2.07. The van der Waals surface area contributed by atoms with E-state index in [-0.39, 0.29) is 17.6 Å². The summed E-state index contributed by atoms with van der Waals surface area (Å²) >= 11 is 1.08. The van der Waals surface area contributed by atoms with Crippen LogP contribution in [0.3, 0.4) is 0 Å². The van der Waals surface area contributed by atoms with E-state index in [1.165, 1.54) is 0 Å². The molecule has 2 rings (SSSR count). The SMILES string of the molecule is Cc1cccc(-c2nnc(SCC(=O)O)n2C(C)C)c1F. The summed E-state index contributed by atoms with van der Waals surface area (Å²) < 4.78 is 16.0. The smallest absolute Gasteiger partial charge is 0.313 e. The summed E-state index contributed by atoms with van der Waals surface area (Å²) in [7, 11) is 0. The van der Waals surface area contributed by atoms with E-state index in [4.69, 9.17) is 5.11 Å². The number of benzene rings is 1. The maximum atomic E-state index is 14.3. The maximum absolute atomic E-state index is 14.3. The zero-order valence-corrected chi connectivity index (χ0v) is 12.8. The maximum Gasteiger partial charge on any atom is 0.313 e. The molecule has 0 atom stereocenters. The predicted octanol–water partition coefficient (Wildman–Crippen LogP) is 3.15. The van der Waals surface area contributed by atoms with Crippen molar-refractivity contribution in [2.24, 2.45) is 0 Å². The molecule has 1 aromatic heterocycles. The van der Waals surface area contributed by atoms with Crippen molar-refractivity contribution < 1.29 is 14.3 Å². The highest BCUT2D eigenvalue weighted by Crippen LogP contribution is 2.29. The van der Waals surface area contributed by atoms with E-state index < -0.39 is 5.97 Å². The summed E-state index contributed by atoms with van der Waals surface area (Å²) in [6, 6.07) is 5.09. The van der Waals surface area contributed by atoms with Crippen LogP contribution in [0.1, 0.15) is 25.5 Å². The van der Waals surface area contributed by atoms with Crippen molar-refractivity contribution in [1.29, 1.82) is 0 Å². The number of halogens is 1. The Labute approximate surface area is 126 Å². The fourth-order valence-corrected chi connectivity index (χ4v) is 2.76. The number of thioether (sulfide) groups is 1. The molecule has 0 aliphatic heterocycles. The van der Waals surface area contributed by atoms with Crippen molar-refractivity contribution in [1.82, 2.24) is 14.8 Å². The molecule has 0 saturated heterocycles. The van der Waals surface area contributed by atoms with Gasteiger partial charge in [-0.25, -0.2) is 4.39 Å². The topological polar surface area (TPSA) is 68.0 Å². The number of rotatable bonds is 5. The molecule has 1 N–H and O–H groups in total. The summed E-state index contributed by atoms with van der Waals surface area (Å²) in [5, 5.41) is 17.3. The van der Waals surface area contributed by atoms with Gasteiger partial charge in [0, 0.05) is 6.04 Å². The average Bonchev–Trinajstić information content (AvgIpc) is 2.83. The summed E-state index contributed by atoms with van der Waals surface area (Å²) in [6.45, 7) is 5.53. The second-order valence-corrected chi connectivity index (χ2v) is 5.83. The third kappa shape index (κ3) is 3.24. The summed E-state index contributed by atoms with van der Waals surface area (Å²) in [4.78, 5) is 10.7. The minimum absolute atomic E-state index is 0.00814. The van der Waals surface area contributed by atoms with E-state index >= 15 is 0 Å². The molecule has 0 aliphatic rings. The molecule has 0 amide bonds. The molecule has 0 aliphatic carbocycles. The van der Waals surface area contributed by atoms with Gasteiger partial charge in [0.05, 0.1) is 11.3 Å². The van der Waals surface area contributed by atoms with Crippen LogP contribution in [0.4, 0.5) is 4.39 Å². The summed E-state index contributed by atoms with van der Waals surface area (Å²) in [6.07, 6.45) is 0. The van der Waals surface area contributed by atoms with Crippen molar-refractivity contribution in [3.05, 3.63) is 29.6 Å². The quantitative estimate of drug-likeness (QED) is 0.859. The van der Waals surface area contributed by atoms with Gasteiger partial charge in [-0.2, -0.15) is 0 Å². The van der Waals surface area contributed by atoms with Crippen LogP contribution in [0.25, 0.3) is 11.4 Å². The Morgan fingerprint density at radius 3 is 2.76 bits per heavy atom. The third-order valence-electron chi connectivity index (χ3n) is 2.94. The first kappa shape index (κ1) is 15.5. The standard InChI is InChI=1S/C14H16FN3O2S/c1-8(2)18-13(10-6-4-5-9(3)12(10)15)16-17-14(18)21-7-11(19)20/h4-6,8H,7H2,1-3H3,(H,19,20). The van der Waals surface area contributed by atoms with Gasteiger partial charge in [-0.1, -0.05) is 23.9 Å². The van der Waals surface area contributed by atoms with Crippen molar-refractivity contribution in [2.75, 3.05) is 5.75 Å². The third-order valence-corrected chi connectivity index (χ3v) is 3.87. The van der Waals surface area contributed by atoms with Crippen LogP contribution in [-0.2, 0) is 4.79 Å². The van der Waals surface area contributed by atoms with Gasteiger partial charge in [-0.15, -0.1) is 10.2 Å². The van der Waals surface area contributed by atoms with Crippen molar-refractivity contribution in [3.8, 4) is 11.4 Å². The monoisotopic (exact) mass is 309 g/mol. The lowest BCUT2D eigenvalue weighted by molar-refractivity contribution is -0.133. The molecule has 21 heavy (non-hydrogen) atoms. The number of carboxylic acid groups (broad SMARTS) is 1. The Balaban J connectivity index is 2.49. The molecule has 2 aromatic rings. The molecule has 7 heteroatoms. The molecular formula is C14H16FN3O2S. The first-order chi connectivity index (χ1) is 9.91. The Bertz CT molecular complexity index is 670. The lowest BCUT2D eigenvalue weighted by Gasteiger charge is -2.14. The number of carbonyl (C=O) groups is 1. The Kier molecular flexibility index (Phi) is 4.62. The highest BCUT2D eigenvalue weighted by molar-refractivity contribution is 7.99. The molecule has 0 unspecified atom stereocenters. The van der Waals surface area contributed by atoms with Crippen LogP contribution >= 0.6 is 11.8 Å². The van der Waals surface area contributed by atoms with Crippen molar-refractivity contribution >= 4 is 17.7 Å². The van der Waals surface area contributed by atoms with Gasteiger partial charge in [0.2, 0.25) is 0 Å². The lowest BCUT2D eigenvalue weighted by atomic mass is 10.1. The predicted molar refractivity (Wildman–Crippen MR) is 78.9 cm³/mol. The van der Waals surface area contributed by atoms with Crippen LogP contribution in [0.2, 0.25) is 0 Å². The summed E-state index contributed by atoms with van der Waals surface area (Å²) in [5.41, 5.74) is 0.906. The van der Waals surface area contributed by atoms with Gasteiger partial charge in [0.25, 0.3) is 0 Å². The molecule has 112 valence electrons. The number of aliphatic carboxylic acids is 1. The van der Waals surface area contributed by atoms with Crippen LogP contribution in [0.5, 0.6) is 0 Å². The highest BCUT2D eigenvalue weighted by Gasteiger charge is 2.20. The fourth-order valence-electron chi connectivity index (χ4n) is 1.97. The number of carboxylic acids is 1. The Morgan fingerprint density at radius 1 is 1.43 bits per heavy atom. The van der Waals surface area contributed by atoms with Gasteiger partial charge in [-0.3, -0.25) is 9.36 Å². The number of aromatic nitrogens is 3. The van der Waals surface area contributed by atoms with E-state index in [9.17, 15) is 9.18 Å². The van der Waals surface area contributed by atoms with Crippen LogP contribution < -0.4 is 0 Å². The zero-order chi connectivity index (χ0) is 15.6. The molecule has 0 bridgehead atoms. The molecule has 1 aromatic carbocycles. The van der Waals surface area contributed by atoms with Crippen molar-refractivity contribution in [3.63, 3.8) is 0 Å². The van der Waals surface area contributed by atoms with Gasteiger partial charge >= 0.3 is 5.97 Å². The highest BCUT2D eigenvalue weighted by atomic mass is 32.2. The minimum Gasteiger partial charge on any atom is -0.481 e. The van der Waals surface area contributed by atoms with Crippen LogP contribution in [-0.4, -0.2) is 31.6 Å². The second kappa shape index (κ2) is 6.26. The fraction of sp³-hybridized carbons (Fsp3) is 0.357. The molecular weight excluding hydrogens is 293 g/mol.